The Hall–Kier alpha value is -1.47. The van der Waals surface area contributed by atoms with Crippen LogP contribution in [0, 0.1) is 6.92 Å². The smallest absolute Gasteiger partial charge is 0.255 e. The maximum Gasteiger partial charge on any atom is 0.255 e. The minimum absolute atomic E-state index is 0.0165. The highest BCUT2D eigenvalue weighted by Crippen LogP contribution is 2.27. The SMILES string of the molecule is Cc1nc(NC(=O)[C@@H]2CC[C@H](CN)O2)sc1Cc1cccc(Cl)c1. The maximum atomic E-state index is 12.3. The number of hydrogen-bond donors (Lipinski definition) is 2. The summed E-state index contributed by atoms with van der Waals surface area (Å²) in [5.74, 6) is -0.144. The lowest BCUT2D eigenvalue weighted by Gasteiger charge is -2.11. The predicted molar refractivity (Wildman–Crippen MR) is 96.7 cm³/mol. The van der Waals surface area contributed by atoms with Crippen molar-refractivity contribution in [3.8, 4) is 0 Å². The largest absolute Gasteiger partial charge is 0.364 e. The van der Waals surface area contributed by atoms with Crippen LogP contribution < -0.4 is 11.1 Å². The Kier molecular flexibility index (Phi) is 5.50. The number of benzene rings is 1. The summed E-state index contributed by atoms with van der Waals surface area (Å²) < 4.78 is 5.62. The second-order valence-corrected chi connectivity index (χ2v) is 7.40. The maximum absolute atomic E-state index is 12.3. The zero-order valence-electron chi connectivity index (χ0n) is 13.4. The second-order valence-electron chi connectivity index (χ2n) is 5.88. The number of nitrogens with two attached hydrogens (primary N) is 1. The van der Waals surface area contributed by atoms with E-state index in [-0.39, 0.29) is 12.0 Å². The molecule has 3 N–H and O–H groups in total. The van der Waals surface area contributed by atoms with Gasteiger partial charge in [-0.05, 0) is 37.5 Å². The topological polar surface area (TPSA) is 77.2 Å². The van der Waals surface area contributed by atoms with E-state index in [0.29, 0.717) is 18.1 Å². The molecule has 7 heteroatoms. The average molecular weight is 366 g/mol. The van der Waals surface area contributed by atoms with Crippen molar-refractivity contribution in [3.63, 3.8) is 0 Å². The van der Waals surface area contributed by atoms with Gasteiger partial charge in [-0.2, -0.15) is 0 Å². The zero-order chi connectivity index (χ0) is 17.1. The first-order chi connectivity index (χ1) is 11.5. The summed E-state index contributed by atoms with van der Waals surface area (Å²) in [5.41, 5.74) is 7.62. The molecule has 128 valence electrons. The van der Waals surface area contributed by atoms with Crippen LogP contribution in [0.2, 0.25) is 5.02 Å². The van der Waals surface area contributed by atoms with Gasteiger partial charge in [0.1, 0.15) is 6.10 Å². The van der Waals surface area contributed by atoms with E-state index in [1.54, 1.807) is 0 Å². The summed E-state index contributed by atoms with van der Waals surface area (Å²) in [6, 6.07) is 7.76. The quantitative estimate of drug-likeness (QED) is 0.853. The van der Waals surface area contributed by atoms with Gasteiger partial charge >= 0.3 is 0 Å². The van der Waals surface area contributed by atoms with E-state index in [4.69, 9.17) is 22.1 Å². The van der Waals surface area contributed by atoms with Crippen molar-refractivity contribution in [2.75, 3.05) is 11.9 Å². The lowest BCUT2D eigenvalue weighted by molar-refractivity contribution is -0.126. The summed E-state index contributed by atoms with van der Waals surface area (Å²) in [7, 11) is 0. The van der Waals surface area contributed by atoms with Crippen molar-refractivity contribution in [2.24, 2.45) is 5.73 Å². The van der Waals surface area contributed by atoms with E-state index < -0.39 is 6.10 Å². The van der Waals surface area contributed by atoms with E-state index in [1.807, 2.05) is 31.2 Å². The van der Waals surface area contributed by atoms with Crippen LogP contribution in [-0.2, 0) is 16.0 Å². The summed E-state index contributed by atoms with van der Waals surface area (Å²) in [5, 5.41) is 4.19. The third-order valence-electron chi connectivity index (χ3n) is 4.04. The van der Waals surface area contributed by atoms with Crippen molar-refractivity contribution < 1.29 is 9.53 Å². The number of carbonyl (C=O) groups is 1. The van der Waals surface area contributed by atoms with Crippen LogP contribution >= 0.6 is 22.9 Å². The summed E-state index contributed by atoms with van der Waals surface area (Å²) >= 11 is 7.52. The van der Waals surface area contributed by atoms with Crippen LogP contribution in [0.1, 0.15) is 29.0 Å². The predicted octanol–water partition coefficient (Wildman–Crippen LogP) is 3.14. The fraction of sp³-hybridized carbons (Fsp3) is 0.412. The molecule has 2 atom stereocenters. The van der Waals surface area contributed by atoms with Crippen molar-refractivity contribution in [1.82, 2.24) is 4.98 Å². The number of ether oxygens (including phenoxy) is 1. The highest BCUT2D eigenvalue weighted by Gasteiger charge is 2.30. The van der Waals surface area contributed by atoms with Gasteiger partial charge in [-0.3, -0.25) is 10.1 Å². The van der Waals surface area contributed by atoms with Crippen molar-refractivity contribution >= 4 is 34.0 Å². The van der Waals surface area contributed by atoms with E-state index in [9.17, 15) is 4.79 Å². The molecular formula is C17H20ClN3O2S. The summed E-state index contributed by atoms with van der Waals surface area (Å²) in [6.07, 6.45) is 1.82. The third kappa shape index (κ3) is 4.13. The lowest BCUT2D eigenvalue weighted by Crippen LogP contribution is -2.29. The number of aromatic nitrogens is 1. The number of carbonyl (C=O) groups excluding carboxylic acids is 1. The monoisotopic (exact) mass is 365 g/mol. The molecule has 0 unspecified atom stereocenters. The number of nitrogens with one attached hydrogen (secondary N) is 1. The molecule has 1 amide bonds. The molecule has 0 saturated carbocycles. The lowest BCUT2D eigenvalue weighted by atomic mass is 10.1. The van der Waals surface area contributed by atoms with E-state index in [0.717, 1.165) is 34.0 Å². The van der Waals surface area contributed by atoms with Crippen LogP contribution in [-0.4, -0.2) is 29.6 Å². The Morgan fingerprint density at radius 3 is 3.04 bits per heavy atom. The van der Waals surface area contributed by atoms with E-state index in [1.165, 1.54) is 11.3 Å². The molecule has 5 nitrogen and oxygen atoms in total. The normalized spacial score (nSPS) is 20.3. The first kappa shape index (κ1) is 17.4. The molecule has 1 fully saturated rings. The van der Waals surface area contributed by atoms with Gasteiger partial charge in [0, 0.05) is 22.9 Å². The molecule has 1 aliphatic rings. The number of amides is 1. The summed E-state index contributed by atoms with van der Waals surface area (Å²) in [4.78, 5) is 17.8. The van der Waals surface area contributed by atoms with Crippen LogP contribution in [0.4, 0.5) is 5.13 Å². The Balaban J connectivity index is 1.64. The van der Waals surface area contributed by atoms with Gasteiger partial charge in [0.15, 0.2) is 5.13 Å². The van der Waals surface area contributed by atoms with Crippen molar-refractivity contribution in [3.05, 3.63) is 45.4 Å². The fourth-order valence-corrected chi connectivity index (χ4v) is 3.95. The molecule has 1 aliphatic heterocycles. The summed E-state index contributed by atoms with van der Waals surface area (Å²) in [6.45, 7) is 2.40. The second kappa shape index (κ2) is 7.61. The Bertz CT molecular complexity index is 734. The minimum Gasteiger partial charge on any atom is -0.364 e. The Morgan fingerprint density at radius 1 is 1.50 bits per heavy atom. The van der Waals surface area contributed by atoms with Gasteiger partial charge in [0.05, 0.1) is 11.8 Å². The molecule has 0 aliphatic carbocycles. The Morgan fingerprint density at radius 2 is 2.33 bits per heavy atom. The molecule has 0 radical (unpaired) electrons. The van der Waals surface area contributed by atoms with Gasteiger partial charge in [-0.1, -0.05) is 23.7 Å². The van der Waals surface area contributed by atoms with Crippen molar-refractivity contribution in [2.45, 2.75) is 38.4 Å². The molecular weight excluding hydrogens is 346 g/mol. The molecule has 24 heavy (non-hydrogen) atoms. The molecule has 3 rings (SSSR count). The van der Waals surface area contributed by atoms with Gasteiger partial charge in [-0.25, -0.2) is 4.98 Å². The molecule has 1 aromatic carbocycles. The van der Waals surface area contributed by atoms with Gasteiger partial charge in [0.2, 0.25) is 0 Å². The van der Waals surface area contributed by atoms with E-state index in [2.05, 4.69) is 10.3 Å². The highest BCUT2D eigenvalue weighted by atomic mass is 35.5. The molecule has 2 heterocycles. The first-order valence-corrected chi connectivity index (χ1v) is 9.11. The van der Waals surface area contributed by atoms with Gasteiger partial charge in [0.25, 0.3) is 5.91 Å². The third-order valence-corrected chi connectivity index (χ3v) is 5.35. The average Bonchev–Trinajstić information content (AvgIpc) is 3.15. The molecule has 0 bridgehead atoms. The van der Waals surface area contributed by atoms with Gasteiger partial charge < -0.3 is 10.5 Å². The van der Waals surface area contributed by atoms with Crippen LogP contribution in [0.5, 0.6) is 0 Å². The van der Waals surface area contributed by atoms with Crippen LogP contribution in [0.15, 0.2) is 24.3 Å². The van der Waals surface area contributed by atoms with Crippen LogP contribution in [0.25, 0.3) is 0 Å². The van der Waals surface area contributed by atoms with Gasteiger partial charge in [-0.15, -0.1) is 11.3 Å². The molecule has 2 aromatic rings. The highest BCUT2D eigenvalue weighted by molar-refractivity contribution is 7.15. The number of hydrogen-bond acceptors (Lipinski definition) is 5. The number of nitrogens with zero attached hydrogens (tertiary/aromatic N) is 1. The number of thiazole rings is 1. The zero-order valence-corrected chi connectivity index (χ0v) is 15.0. The number of anilines is 1. The van der Waals surface area contributed by atoms with E-state index >= 15 is 0 Å². The Labute approximate surface area is 150 Å². The number of rotatable bonds is 5. The standard InChI is InChI=1S/C17H20ClN3O2S/c1-10-15(8-11-3-2-4-12(18)7-11)24-17(20-10)21-16(22)14-6-5-13(9-19)23-14/h2-4,7,13-14H,5-6,8-9,19H2,1H3,(H,20,21,22)/t13-,14+/m1/s1. The molecule has 1 aromatic heterocycles. The fourth-order valence-electron chi connectivity index (χ4n) is 2.74. The molecule has 1 saturated heterocycles. The van der Waals surface area contributed by atoms with Crippen LogP contribution in [0.3, 0.4) is 0 Å². The number of halogens is 1. The minimum atomic E-state index is -0.431. The van der Waals surface area contributed by atoms with Crippen molar-refractivity contribution in [1.29, 1.82) is 0 Å². The number of aryl methyl sites for hydroxylation is 1. The first-order valence-electron chi connectivity index (χ1n) is 7.92. The molecule has 0 spiro atoms.